The highest BCUT2D eigenvalue weighted by atomic mass is 35.5. The highest BCUT2D eigenvalue weighted by molar-refractivity contribution is 6.30. The number of carbonyl (C=O) groups excluding carboxylic acids is 2. The molecule has 156 valence electrons. The molecule has 30 heavy (non-hydrogen) atoms. The number of hydrogen-bond acceptors (Lipinski definition) is 4. The minimum atomic E-state index is -0.370. The number of Topliss-reactive ketones (excluding diaryl/α,β-unsaturated/α-hetero) is 1. The van der Waals surface area contributed by atoms with Crippen LogP contribution >= 0.6 is 11.6 Å². The summed E-state index contributed by atoms with van der Waals surface area (Å²) in [5, 5.41) is 4.07. The average molecular weight is 424 g/mol. The maximum atomic E-state index is 13.2. The third kappa shape index (κ3) is 3.39. The fourth-order valence-corrected chi connectivity index (χ4v) is 5.41. The lowest BCUT2D eigenvalue weighted by Gasteiger charge is -2.40. The summed E-state index contributed by atoms with van der Waals surface area (Å²) in [4.78, 5) is 31.6. The molecule has 3 heterocycles. The number of hydrogen-bond donors (Lipinski definition) is 1. The third-order valence-corrected chi connectivity index (χ3v) is 7.32. The zero-order valence-corrected chi connectivity index (χ0v) is 17.9. The number of carbonyl (C=O) groups is 2. The van der Waals surface area contributed by atoms with Crippen LogP contribution in [-0.4, -0.2) is 34.8 Å². The molecular weight excluding hydrogens is 398 g/mol. The Morgan fingerprint density at radius 2 is 1.73 bits per heavy atom. The zero-order chi connectivity index (χ0) is 20.9. The van der Waals surface area contributed by atoms with E-state index < -0.39 is 0 Å². The fourth-order valence-electron chi connectivity index (χ4n) is 5.28. The SMILES string of the molecule is CC(=O)c1ccc(N2[C@@H]3CC[C@H]2CC(NC(=O)C2(c4ccc(Cl)cc4)CC2)C3)nc1. The van der Waals surface area contributed by atoms with Crippen LogP contribution in [0.25, 0.3) is 0 Å². The maximum Gasteiger partial charge on any atom is 0.230 e. The van der Waals surface area contributed by atoms with Crippen LogP contribution in [0.4, 0.5) is 5.82 Å². The van der Waals surface area contributed by atoms with Gasteiger partial charge in [0, 0.05) is 34.9 Å². The number of anilines is 1. The number of halogens is 1. The van der Waals surface area contributed by atoms with Gasteiger partial charge in [-0.25, -0.2) is 4.98 Å². The molecule has 3 atom stereocenters. The monoisotopic (exact) mass is 423 g/mol. The van der Waals surface area contributed by atoms with Crippen LogP contribution in [0.1, 0.15) is 61.4 Å². The number of nitrogens with one attached hydrogen (secondary N) is 1. The van der Waals surface area contributed by atoms with Gasteiger partial charge in [0.1, 0.15) is 5.82 Å². The van der Waals surface area contributed by atoms with E-state index in [0.717, 1.165) is 49.9 Å². The zero-order valence-electron chi connectivity index (χ0n) is 17.1. The predicted octanol–water partition coefficient (Wildman–Crippen LogP) is 4.29. The van der Waals surface area contributed by atoms with Gasteiger partial charge in [-0.05, 0) is 75.3 Å². The number of amides is 1. The average Bonchev–Trinajstić information content (AvgIpc) is 3.50. The van der Waals surface area contributed by atoms with Gasteiger partial charge in [0.05, 0.1) is 5.41 Å². The first kappa shape index (κ1) is 19.6. The van der Waals surface area contributed by atoms with Crippen molar-refractivity contribution in [1.82, 2.24) is 10.3 Å². The van der Waals surface area contributed by atoms with E-state index in [2.05, 4.69) is 15.2 Å². The van der Waals surface area contributed by atoms with Crippen molar-refractivity contribution in [2.75, 3.05) is 4.90 Å². The second kappa shape index (κ2) is 7.38. The summed E-state index contributed by atoms with van der Waals surface area (Å²) in [5.41, 5.74) is 1.34. The molecule has 0 radical (unpaired) electrons. The molecule has 2 aromatic rings. The normalized spacial score (nSPS) is 26.3. The van der Waals surface area contributed by atoms with Crippen molar-refractivity contribution in [2.24, 2.45) is 0 Å². The Kier molecular flexibility index (Phi) is 4.81. The molecule has 5 rings (SSSR count). The molecule has 2 bridgehead atoms. The fraction of sp³-hybridized carbons (Fsp3) is 0.458. The van der Waals surface area contributed by atoms with E-state index in [4.69, 9.17) is 11.6 Å². The van der Waals surface area contributed by atoms with E-state index >= 15 is 0 Å². The van der Waals surface area contributed by atoms with Gasteiger partial charge in [-0.15, -0.1) is 0 Å². The molecule has 1 N–H and O–H groups in total. The number of pyridine rings is 1. The molecule has 0 spiro atoms. The van der Waals surface area contributed by atoms with Crippen LogP contribution in [0.5, 0.6) is 0 Å². The first-order chi connectivity index (χ1) is 14.5. The molecule has 2 saturated heterocycles. The summed E-state index contributed by atoms with van der Waals surface area (Å²) in [5.74, 6) is 1.14. The van der Waals surface area contributed by atoms with E-state index in [9.17, 15) is 9.59 Å². The second-order valence-electron chi connectivity index (χ2n) is 8.98. The van der Waals surface area contributed by atoms with Crippen LogP contribution in [0.3, 0.4) is 0 Å². The standard InChI is InChI=1S/C24H26ClN3O2/c1-15(29)16-2-9-22(26-14-16)28-20-7-8-21(28)13-19(12-20)27-23(30)24(10-11-24)17-3-5-18(25)6-4-17/h2-6,9,14,19-21H,7-8,10-13H2,1H3,(H,27,30)/t19?,20-,21+. The molecule has 5 nitrogen and oxygen atoms in total. The highest BCUT2D eigenvalue weighted by Gasteiger charge is 2.52. The van der Waals surface area contributed by atoms with Gasteiger partial charge >= 0.3 is 0 Å². The van der Waals surface area contributed by atoms with Gasteiger partial charge in [0.15, 0.2) is 5.78 Å². The first-order valence-corrected chi connectivity index (χ1v) is 11.2. The largest absolute Gasteiger partial charge is 0.352 e. The number of rotatable bonds is 5. The number of piperidine rings is 1. The minimum absolute atomic E-state index is 0.0353. The lowest BCUT2D eigenvalue weighted by atomic mass is 9.92. The number of nitrogens with zero attached hydrogens (tertiary/aromatic N) is 2. The summed E-state index contributed by atoms with van der Waals surface area (Å²) >= 11 is 6.02. The van der Waals surface area contributed by atoms with Gasteiger partial charge < -0.3 is 10.2 Å². The molecule has 3 fully saturated rings. The summed E-state index contributed by atoms with van der Waals surface area (Å²) in [6.07, 6.45) is 7.60. The van der Waals surface area contributed by atoms with Gasteiger partial charge in [-0.3, -0.25) is 9.59 Å². The quantitative estimate of drug-likeness (QED) is 0.729. The molecule has 1 aliphatic carbocycles. The van der Waals surface area contributed by atoms with Crippen molar-refractivity contribution in [3.05, 3.63) is 58.7 Å². The van der Waals surface area contributed by atoms with Crippen molar-refractivity contribution in [2.45, 2.75) is 69.0 Å². The lowest BCUT2D eigenvalue weighted by molar-refractivity contribution is -0.124. The molecule has 1 amide bonds. The van der Waals surface area contributed by atoms with Crippen molar-refractivity contribution in [3.63, 3.8) is 0 Å². The Hall–Kier alpha value is -2.40. The van der Waals surface area contributed by atoms with Gasteiger partial charge in [-0.2, -0.15) is 0 Å². The Balaban J connectivity index is 1.26. The van der Waals surface area contributed by atoms with Crippen molar-refractivity contribution >= 4 is 29.1 Å². The molecule has 1 aromatic carbocycles. The summed E-state index contributed by atoms with van der Waals surface area (Å²) in [7, 11) is 0. The smallest absolute Gasteiger partial charge is 0.230 e. The van der Waals surface area contributed by atoms with Gasteiger partial charge in [-0.1, -0.05) is 23.7 Å². The molecule has 3 aliphatic rings. The first-order valence-electron chi connectivity index (χ1n) is 10.8. The van der Waals surface area contributed by atoms with Crippen LogP contribution in [0.15, 0.2) is 42.6 Å². The molecule has 1 aromatic heterocycles. The van der Waals surface area contributed by atoms with E-state index in [-0.39, 0.29) is 23.1 Å². The van der Waals surface area contributed by atoms with Gasteiger partial charge in [0.2, 0.25) is 5.91 Å². The van der Waals surface area contributed by atoms with E-state index in [1.165, 1.54) is 0 Å². The van der Waals surface area contributed by atoms with Crippen molar-refractivity contribution in [3.8, 4) is 0 Å². The third-order valence-electron chi connectivity index (χ3n) is 7.07. The molecule has 6 heteroatoms. The topological polar surface area (TPSA) is 62.3 Å². The van der Waals surface area contributed by atoms with E-state index in [1.54, 1.807) is 13.1 Å². The van der Waals surface area contributed by atoms with E-state index in [1.807, 2.05) is 36.4 Å². The summed E-state index contributed by atoms with van der Waals surface area (Å²) < 4.78 is 0. The number of ketones is 1. The Labute approximate surface area is 181 Å². The van der Waals surface area contributed by atoms with Crippen molar-refractivity contribution < 1.29 is 9.59 Å². The minimum Gasteiger partial charge on any atom is -0.352 e. The lowest BCUT2D eigenvalue weighted by Crippen LogP contribution is -2.52. The summed E-state index contributed by atoms with van der Waals surface area (Å²) in [6, 6.07) is 12.5. The number of fused-ring (bicyclic) bond motifs is 2. The molecule has 2 aliphatic heterocycles. The van der Waals surface area contributed by atoms with Crippen LogP contribution in [0.2, 0.25) is 5.02 Å². The predicted molar refractivity (Wildman–Crippen MR) is 117 cm³/mol. The van der Waals surface area contributed by atoms with Crippen LogP contribution in [-0.2, 0) is 10.2 Å². The Bertz CT molecular complexity index is 955. The van der Waals surface area contributed by atoms with Crippen molar-refractivity contribution in [1.29, 1.82) is 0 Å². The molecular formula is C24H26ClN3O2. The maximum absolute atomic E-state index is 13.2. The second-order valence-corrected chi connectivity index (χ2v) is 9.42. The Morgan fingerprint density at radius 1 is 1.07 bits per heavy atom. The number of benzene rings is 1. The molecule has 1 unspecified atom stereocenters. The van der Waals surface area contributed by atoms with Crippen LogP contribution < -0.4 is 10.2 Å². The number of aromatic nitrogens is 1. The van der Waals surface area contributed by atoms with Crippen LogP contribution in [0, 0.1) is 0 Å². The summed E-state index contributed by atoms with van der Waals surface area (Å²) in [6.45, 7) is 1.56. The highest BCUT2D eigenvalue weighted by Crippen LogP contribution is 2.49. The van der Waals surface area contributed by atoms with E-state index in [0.29, 0.717) is 22.7 Å². The van der Waals surface area contributed by atoms with Gasteiger partial charge in [0.25, 0.3) is 0 Å². The molecule has 1 saturated carbocycles. The Morgan fingerprint density at radius 3 is 2.27 bits per heavy atom.